The van der Waals surface area contributed by atoms with E-state index in [9.17, 15) is 19.2 Å². The van der Waals surface area contributed by atoms with Crippen LogP contribution in [0.25, 0.3) is 0 Å². The highest BCUT2D eigenvalue weighted by Gasteiger charge is 2.55. The number of amides is 4. The van der Waals surface area contributed by atoms with E-state index in [4.69, 9.17) is 0 Å². The molecule has 174 valence electrons. The van der Waals surface area contributed by atoms with Gasteiger partial charge >= 0.3 is 12.0 Å². The Hall–Kier alpha value is -2.98. The standard InChI is InChI=1S/C21H30N6O5/c1-25-20(31)26(19(30)21(25)10-6-3-7-11-21)13-17(28)22-14-8-4-5-9-16(14)27-12-15(23-24-27)18(29)32-2/h12,14,16H,3-11,13H2,1-2H3,(H,22,28). The summed E-state index contributed by atoms with van der Waals surface area (Å²) in [5.41, 5.74) is -0.689. The monoisotopic (exact) mass is 446 g/mol. The first-order valence-corrected chi connectivity index (χ1v) is 11.3. The fourth-order valence-corrected chi connectivity index (χ4v) is 5.30. The minimum Gasteiger partial charge on any atom is -0.464 e. The third-order valence-corrected chi connectivity index (χ3v) is 7.11. The highest BCUT2D eigenvalue weighted by atomic mass is 16.5. The van der Waals surface area contributed by atoms with Gasteiger partial charge in [0.2, 0.25) is 5.91 Å². The molecule has 4 rings (SSSR count). The molecule has 0 bridgehead atoms. The summed E-state index contributed by atoms with van der Waals surface area (Å²) in [4.78, 5) is 53.1. The number of aromatic nitrogens is 3. The second kappa shape index (κ2) is 8.87. The van der Waals surface area contributed by atoms with Gasteiger partial charge in [-0.15, -0.1) is 5.10 Å². The third kappa shape index (κ3) is 3.84. The molecule has 1 spiro atoms. The van der Waals surface area contributed by atoms with Gasteiger partial charge < -0.3 is 15.0 Å². The quantitative estimate of drug-likeness (QED) is 0.533. The predicted octanol–water partition coefficient (Wildman–Crippen LogP) is 1.26. The van der Waals surface area contributed by atoms with Crippen LogP contribution >= 0.6 is 0 Å². The molecule has 2 heterocycles. The summed E-state index contributed by atoms with van der Waals surface area (Å²) in [5, 5.41) is 10.9. The number of nitrogens with one attached hydrogen (secondary N) is 1. The van der Waals surface area contributed by atoms with Crippen LogP contribution in [-0.2, 0) is 14.3 Å². The molecule has 1 saturated heterocycles. The Balaban J connectivity index is 1.43. The summed E-state index contributed by atoms with van der Waals surface area (Å²) in [6.07, 6.45) is 9.07. The zero-order chi connectivity index (χ0) is 22.9. The highest BCUT2D eigenvalue weighted by molar-refractivity contribution is 6.09. The van der Waals surface area contributed by atoms with E-state index in [0.29, 0.717) is 12.8 Å². The molecule has 11 nitrogen and oxygen atoms in total. The van der Waals surface area contributed by atoms with Gasteiger partial charge in [0.1, 0.15) is 12.1 Å². The molecule has 32 heavy (non-hydrogen) atoms. The van der Waals surface area contributed by atoms with Gasteiger partial charge in [-0.25, -0.2) is 14.3 Å². The minimum absolute atomic E-state index is 0.109. The minimum atomic E-state index is -0.798. The number of hydrogen-bond acceptors (Lipinski definition) is 7. The maximum absolute atomic E-state index is 13.1. The third-order valence-electron chi connectivity index (χ3n) is 7.11. The highest BCUT2D eigenvalue weighted by Crippen LogP contribution is 2.39. The lowest BCUT2D eigenvalue weighted by atomic mass is 9.81. The molecule has 1 aromatic heterocycles. The Morgan fingerprint density at radius 2 is 1.88 bits per heavy atom. The van der Waals surface area contributed by atoms with Crippen LogP contribution in [0.2, 0.25) is 0 Å². The number of carbonyl (C=O) groups is 4. The number of methoxy groups -OCH3 is 1. The molecule has 3 fully saturated rings. The first kappa shape index (κ1) is 22.2. The first-order chi connectivity index (χ1) is 15.4. The summed E-state index contributed by atoms with van der Waals surface area (Å²) >= 11 is 0. The molecule has 2 saturated carbocycles. The summed E-state index contributed by atoms with van der Waals surface area (Å²) in [5.74, 6) is -1.21. The fourth-order valence-electron chi connectivity index (χ4n) is 5.30. The van der Waals surface area contributed by atoms with Crippen molar-refractivity contribution in [2.75, 3.05) is 20.7 Å². The van der Waals surface area contributed by atoms with Gasteiger partial charge in [0.05, 0.1) is 25.4 Å². The molecule has 11 heteroatoms. The SMILES string of the molecule is COC(=O)c1cn(C2CCCCC2NC(=O)CN2C(=O)N(C)C3(CCCCC3)C2=O)nn1. The Morgan fingerprint density at radius 3 is 2.59 bits per heavy atom. The van der Waals surface area contributed by atoms with Gasteiger partial charge in [0.25, 0.3) is 5.91 Å². The zero-order valence-corrected chi connectivity index (χ0v) is 18.6. The molecule has 1 aliphatic heterocycles. The molecule has 1 aromatic rings. The van der Waals surface area contributed by atoms with Gasteiger partial charge in [0, 0.05) is 7.05 Å². The summed E-state index contributed by atoms with van der Waals surface area (Å²) in [7, 11) is 2.94. The zero-order valence-electron chi connectivity index (χ0n) is 18.6. The maximum Gasteiger partial charge on any atom is 0.360 e. The topological polar surface area (TPSA) is 127 Å². The number of likely N-dealkylation sites (N-methyl/N-ethyl adjacent to an activating group) is 1. The molecular formula is C21H30N6O5. The van der Waals surface area contributed by atoms with Crippen LogP contribution in [0.3, 0.4) is 0 Å². The van der Waals surface area contributed by atoms with Crippen LogP contribution < -0.4 is 5.32 Å². The number of rotatable bonds is 5. The number of esters is 1. The van der Waals surface area contributed by atoms with Crippen LogP contribution in [0.15, 0.2) is 6.20 Å². The van der Waals surface area contributed by atoms with Gasteiger partial charge in [-0.3, -0.25) is 14.5 Å². The Morgan fingerprint density at radius 1 is 1.16 bits per heavy atom. The first-order valence-electron chi connectivity index (χ1n) is 11.3. The van der Waals surface area contributed by atoms with E-state index in [-0.39, 0.29) is 36.1 Å². The van der Waals surface area contributed by atoms with E-state index in [1.807, 2.05) is 0 Å². The summed E-state index contributed by atoms with van der Waals surface area (Å²) in [6.45, 7) is -0.294. The van der Waals surface area contributed by atoms with E-state index in [1.54, 1.807) is 11.7 Å². The normalized spacial score (nSPS) is 25.3. The molecular weight excluding hydrogens is 416 g/mol. The Kier molecular flexibility index (Phi) is 6.16. The van der Waals surface area contributed by atoms with Crippen molar-refractivity contribution in [3.05, 3.63) is 11.9 Å². The fraction of sp³-hybridized carbons (Fsp3) is 0.714. The Labute approximate surface area is 186 Å². The van der Waals surface area contributed by atoms with Crippen LogP contribution in [-0.4, -0.2) is 80.9 Å². The largest absolute Gasteiger partial charge is 0.464 e. The molecule has 2 unspecified atom stereocenters. The van der Waals surface area contributed by atoms with Crippen LogP contribution in [0.4, 0.5) is 4.79 Å². The predicted molar refractivity (Wildman–Crippen MR) is 111 cm³/mol. The smallest absolute Gasteiger partial charge is 0.360 e. The van der Waals surface area contributed by atoms with Crippen molar-refractivity contribution in [3.63, 3.8) is 0 Å². The van der Waals surface area contributed by atoms with Gasteiger partial charge in [0.15, 0.2) is 5.69 Å². The average Bonchev–Trinajstić information content (AvgIpc) is 3.36. The van der Waals surface area contributed by atoms with E-state index >= 15 is 0 Å². The van der Waals surface area contributed by atoms with Crippen molar-refractivity contribution in [3.8, 4) is 0 Å². The lowest BCUT2D eigenvalue weighted by molar-refractivity contribution is -0.137. The lowest BCUT2D eigenvalue weighted by Crippen LogP contribution is -2.50. The van der Waals surface area contributed by atoms with Gasteiger partial charge in [-0.2, -0.15) is 0 Å². The van der Waals surface area contributed by atoms with Crippen LogP contribution in [0, 0.1) is 0 Å². The van der Waals surface area contributed by atoms with Crippen molar-refractivity contribution < 1.29 is 23.9 Å². The van der Waals surface area contributed by atoms with Crippen molar-refractivity contribution in [2.45, 2.75) is 75.4 Å². The molecule has 1 N–H and O–H groups in total. The van der Waals surface area contributed by atoms with Crippen molar-refractivity contribution in [1.82, 2.24) is 30.1 Å². The molecule has 2 atom stereocenters. The van der Waals surface area contributed by atoms with Crippen molar-refractivity contribution >= 4 is 23.8 Å². The van der Waals surface area contributed by atoms with Crippen molar-refractivity contribution in [2.24, 2.45) is 0 Å². The van der Waals surface area contributed by atoms with E-state index in [2.05, 4.69) is 20.4 Å². The summed E-state index contributed by atoms with van der Waals surface area (Å²) in [6, 6.07) is -0.820. The molecule has 0 radical (unpaired) electrons. The summed E-state index contributed by atoms with van der Waals surface area (Å²) < 4.78 is 6.27. The average molecular weight is 447 g/mol. The molecule has 0 aromatic carbocycles. The van der Waals surface area contributed by atoms with E-state index in [0.717, 1.165) is 49.8 Å². The van der Waals surface area contributed by atoms with Crippen LogP contribution in [0.1, 0.15) is 74.3 Å². The van der Waals surface area contributed by atoms with Crippen LogP contribution in [0.5, 0.6) is 0 Å². The molecule has 3 aliphatic rings. The number of ether oxygens (including phenoxy) is 1. The van der Waals surface area contributed by atoms with Gasteiger partial charge in [-0.1, -0.05) is 37.3 Å². The van der Waals surface area contributed by atoms with E-state index in [1.165, 1.54) is 18.2 Å². The number of imide groups is 1. The molecule has 2 aliphatic carbocycles. The second-order valence-electron chi connectivity index (χ2n) is 8.93. The molecule has 4 amide bonds. The Bertz CT molecular complexity index is 908. The second-order valence-corrected chi connectivity index (χ2v) is 8.93. The number of carbonyl (C=O) groups excluding carboxylic acids is 4. The van der Waals surface area contributed by atoms with E-state index < -0.39 is 17.5 Å². The lowest BCUT2D eigenvalue weighted by Gasteiger charge is -2.35. The van der Waals surface area contributed by atoms with Crippen molar-refractivity contribution in [1.29, 1.82) is 0 Å². The number of nitrogens with zero attached hydrogens (tertiary/aromatic N) is 5. The number of urea groups is 1. The number of hydrogen-bond donors (Lipinski definition) is 1. The maximum atomic E-state index is 13.1. The van der Waals surface area contributed by atoms with Gasteiger partial charge in [-0.05, 0) is 25.7 Å².